The van der Waals surface area contributed by atoms with Crippen LogP contribution in [0, 0.1) is 11.6 Å². The molecule has 1 atom stereocenters. The van der Waals surface area contributed by atoms with E-state index < -0.39 is 48.5 Å². The molecule has 1 heterocycles. The lowest BCUT2D eigenvalue weighted by Crippen LogP contribution is -2.49. The van der Waals surface area contributed by atoms with Crippen molar-refractivity contribution in [1.82, 2.24) is 30.4 Å². The number of aromatic nitrogens is 4. The molecule has 0 aliphatic heterocycles. The van der Waals surface area contributed by atoms with Crippen LogP contribution in [0.4, 0.5) is 8.78 Å². The molecule has 2 amide bonds. The predicted octanol–water partition coefficient (Wildman–Crippen LogP) is 3.20. The summed E-state index contributed by atoms with van der Waals surface area (Å²) >= 11 is 0. The molecule has 10 nitrogen and oxygen atoms in total. The Balaban J connectivity index is 1.63. The van der Waals surface area contributed by atoms with Gasteiger partial charge >= 0.3 is 5.97 Å². The smallest absolute Gasteiger partial charge is 0.325 e. The van der Waals surface area contributed by atoms with Crippen molar-refractivity contribution in [1.29, 1.82) is 0 Å². The van der Waals surface area contributed by atoms with Crippen LogP contribution in [0.5, 0.6) is 0 Å². The van der Waals surface area contributed by atoms with E-state index in [-0.39, 0.29) is 24.0 Å². The topological polar surface area (TPSA) is 119 Å². The van der Waals surface area contributed by atoms with Gasteiger partial charge in [-0.15, -0.1) is 10.2 Å². The molecule has 1 aliphatic rings. The molecule has 0 spiro atoms. The molecule has 2 aromatic carbocycles. The van der Waals surface area contributed by atoms with E-state index in [4.69, 9.17) is 4.74 Å². The number of hydrogen-bond donors (Lipinski definition) is 1. The van der Waals surface area contributed by atoms with E-state index in [9.17, 15) is 23.2 Å². The molecule has 1 aromatic heterocycles. The van der Waals surface area contributed by atoms with Crippen LogP contribution in [-0.2, 0) is 25.7 Å². The average Bonchev–Trinajstić information content (AvgIpc) is 3.38. The molecule has 1 fully saturated rings. The van der Waals surface area contributed by atoms with Crippen LogP contribution in [-0.4, -0.2) is 62.1 Å². The number of hydrogen-bond acceptors (Lipinski definition) is 7. The number of carbonyl (C=O) groups is 3. The van der Waals surface area contributed by atoms with E-state index in [0.717, 1.165) is 41.8 Å². The van der Waals surface area contributed by atoms with E-state index in [2.05, 4.69) is 20.7 Å². The molecule has 0 radical (unpaired) electrons. The molecule has 0 bridgehead atoms. The molecular weight excluding hydrogens is 510 g/mol. The van der Waals surface area contributed by atoms with Crippen molar-refractivity contribution < 1.29 is 27.9 Å². The van der Waals surface area contributed by atoms with Crippen molar-refractivity contribution in [3.05, 3.63) is 65.7 Å². The lowest BCUT2D eigenvalue weighted by molar-refractivity contribution is -0.153. The lowest BCUT2D eigenvalue weighted by atomic mass is 9.94. The zero-order chi connectivity index (χ0) is 27.8. The normalized spacial score (nSPS) is 14.4. The Kier molecular flexibility index (Phi) is 9.29. The zero-order valence-electron chi connectivity index (χ0n) is 21.6. The van der Waals surface area contributed by atoms with Gasteiger partial charge < -0.3 is 15.0 Å². The van der Waals surface area contributed by atoms with Crippen LogP contribution in [0.15, 0.2) is 48.5 Å². The van der Waals surface area contributed by atoms with Crippen molar-refractivity contribution in [3.63, 3.8) is 0 Å². The van der Waals surface area contributed by atoms with Gasteiger partial charge in [0.25, 0.3) is 0 Å². The van der Waals surface area contributed by atoms with E-state index >= 15 is 0 Å². The molecule has 12 heteroatoms. The number of tetrazole rings is 1. The van der Waals surface area contributed by atoms with Crippen LogP contribution < -0.4 is 5.32 Å². The fourth-order valence-electron chi connectivity index (χ4n) is 4.59. The number of ether oxygens (including phenoxy) is 1. The summed E-state index contributed by atoms with van der Waals surface area (Å²) in [6, 6.07) is 9.70. The number of esters is 1. The van der Waals surface area contributed by atoms with Gasteiger partial charge in [-0.05, 0) is 54.8 Å². The first-order valence-corrected chi connectivity index (χ1v) is 12.9. The first-order valence-electron chi connectivity index (χ1n) is 12.9. The summed E-state index contributed by atoms with van der Waals surface area (Å²) in [5.41, 5.74) is 0.427. The quantitative estimate of drug-likeness (QED) is 0.392. The van der Waals surface area contributed by atoms with Crippen molar-refractivity contribution >= 4 is 17.8 Å². The molecule has 0 saturated heterocycles. The molecule has 1 unspecified atom stereocenters. The number of nitrogens with one attached hydrogen (secondary N) is 1. The van der Waals surface area contributed by atoms with Crippen molar-refractivity contribution in [2.45, 2.75) is 57.7 Å². The number of rotatable bonds is 10. The van der Waals surface area contributed by atoms with E-state index in [1.807, 2.05) is 0 Å². The maximum absolute atomic E-state index is 14.2. The number of benzene rings is 2. The Labute approximate surface area is 224 Å². The van der Waals surface area contributed by atoms with E-state index in [1.165, 1.54) is 42.5 Å². The highest BCUT2D eigenvalue weighted by Crippen LogP contribution is 2.25. The van der Waals surface area contributed by atoms with Gasteiger partial charge in [-0.3, -0.25) is 14.4 Å². The maximum atomic E-state index is 14.2. The third kappa shape index (κ3) is 7.21. The number of amides is 2. The summed E-state index contributed by atoms with van der Waals surface area (Å²) in [5.74, 6) is -2.99. The first kappa shape index (κ1) is 27.8. The summed E-state index contributed by atoms with van der Waals surface area (Å²) in [6.45, 7) is 0.671. The second kappa shape index (κ2) is 13.0. The minimum absolute atomic E-state index is 0.0250. The summed E-state index contributed by atoms with van der Waals surface area (Å²) in [6.07, 6.45) is 4.63. The van der Waals surface area contributed by atoms with Crippen LogP contribution in [0.2, 0.25) is 0 Å². The largest absolute Gasteiger partial charge is 0.465 e. The van der Waals surface area contributed by atoms with Gasteiger partial charge in [0.1, 0.15) is 30.8 Å². The third-order valence-electron chi connectivity index (χ3n) is 6.47. The standard InChI is InChI=1S/C27H30F2N6O4/c1-2-39-24(37)17-34(23(36)16-35-32-26(31-33-35)21-10-6-7-11-22(21)29)25(18-12-14-19(28)15-13-18)27(38)30-20-8-4-3-5-9-20/h6-7,10-15,20,25H,2-5,8-9,16-17H2,1H3,(H,30,38). The van der Waals surface area contributed by atoms with Gasteiger partial charge in [-0.1, -0.05) is 43.5 Å². The molecule has 1 N–H and O–H groups in total. The highest BCUT2D eigenvalue weighted by atomic mass is 19.1. The van der Waals surface area contributed by atoms with Crippen LogP contribution in [0.1, 0.15) is 50.6 Å². The van der Waals surface area contributed by atoms with E-state index in [0.29, 0.717) is 5.56 Å². The van der Waals surface area contributed by atoms with Gasteiger partial charge in [0.2, 0.25) is 17.6 Å². The minimum Gasteiger partial charge on any atom is -0.465 e. The highest BCUT2D eigenvalue weighted by Gasteiger charge is 2.35. The molecule has 3 aromatic rings. The fraction of sp³-hybridized carbons (Fsp3) is 0.407. The first-order chi connectivity index (χ1) is 18.9. The molecule has 206 valence electrons. The van der Waals surface area contributed by atoms with Gasteiger partial charge in [-0.2, -0.15) is 4.80 Å². The zero-order valence-corrected chi connectivity index (χ0v) is 21.6. The average molecular weight is 541 g/mol. The van der Waals surface area contributed by atoms with Gasteiger partial charge in [-0.25, -0.2) is 8.78 Å². The van der Waals surface area contributed by atoms with Crippen molar-refractivity contribution in [3.8, 4) is 11.4 Å². The van der Waals surface area contributed by atoms with Gasteiger partial charge in [0, 0.05) is 6.04 Å². The summed E-state index contributed by atoms with van der Waals surface area (Å²) in [7, 11) is 0. The van der Waals surface area contributed by atoms with Gasteiger partial charge in [0.05, 0.1) is 12.2 Å². The maximum Gasteiger partial charge on any atom is 0.325 e. The highest BCUT2D eigenvalue weighted by molar-refractivity contribution is 5.91. The Morgan fingerprint density at radius 1 is 1.08 bits per heavy atom. The number of halogens is 2. The second-order valence-electron chi connectivity index (χ2n) is 9.25. The molecule has 1 saturated carbocycles. The van der Waals surface area contributed by atoms with Crippen LogP contribution in [0.3, 0.4) is 0 Å². The second-order valence-corrected chi connectivity index (χ2v) is 9.25. The fourth-order valence-corrected chi connectivity index (χ4v) is 4.59. The lowest BCUT2D eigenvalue weighted by Gasteiger charge is -2.32. The minimum atomic E-state index is -1.25. The SMILES string of the molecule is CCOC(=O)CN(C(=O)Cn1nnc(-c2ccccc2F)n1)C(C(=O)NC1CCCCC1)c1ccc(F)cc1. The molecule has 1 aliphatic carbocycles. The number of carbonyl (C=O) groups excluding carboxylic acids is 3. The number of nitrogens with zero attached hydrogens (tertiary/aromatic N) is 5. The Hall–Kier alpha value is -4.22. The summed E-state index contributed by atoms with van der Waals surface area (Å²) in [4.78, 5) is 41.8. The van der Waals surface area contributed by atoms with Crippen LogP contribution >= 0.6 is 0 Å². The van der Waals surface area contributed by atoms with E-state index in [1.54, 1.807) is 13.0 Å². The summed E-state index contributed by atoms with van der Waals surface area (Å²) in [5, 5.41) is 14.8. The molecule has 39 heavy (non-hydrogen) atoms. The van der Waals surface area contributed by atoms with Gasteiger partial charge in [0.15, 0.2) is 0 Å². The Bertz CT molecular complexity index is 1290. The van der Waals surface area contributed by atoms with Crippen molar-refractivity contribution in [2.24, 2.45) is 0 Å². The molecular formula is C27H30F2N6O4. The predicted molar refractivity (Wildman–Crippen MR) is 136 cm³/mol. The monoisotopic (exact) mass is 540 g/mol. The Morgan fingerprint density at radius 3 is 2.49 bits per heavy atom. The van der Waals surface area contributed by atoms with Crippen LogP contribution in [0.25, 0.3) is 11.4 Å². The third-order valence-corrected chi connectivity index (χ3v) is 6.47. The summed E-state index contributed by atoms with van der Waals surface area (Å²) < 4.78 is 33.0. The molecule has 4 rings (SSSR count). The Morgan fingerprint density at radius 2 is 1.79 bits per heavy atom. The van der Waals surface area contributed by atoms with Crippen molar-refractivity contribution in [2.75, 3.05) is 13.2 Å².